The number of nitrogens with zero attached hydrogens (tertiary/aromatic N) is 2. The molecule has 0 aliphatic carbocycles. The molecular weight excluding hydrogens is 322 g/mol. The van der Waals surface area contributed by atoms with E-state index in [0.717, 1.165) is 11.3 Å². The van der Waals surface area contributed by atoms with Crippen LogP contribution in [0.4, 0.5) is 11.4 Å². The van der Waals surface area contributed by atoms with E-state index in [-0.39, 0.29) is 18.4 Å². The lowest BCUT2D eigenvalue weighted by atomic mass is 10.0. The van der Waals surface area contributed by atoms with Crippen LogP contribution in [0.3, 0.4) is 0 Å². The Bertz CT molecular complexity index is 789. The van der Waals surface area contributed by atoms with Crippen molar-refractivity contribution in [3.05, 3.63) is 42.1 Å². The van der Waals surface area contributed by atoms with Gasteiger partial charge in [-0.25, -0.2) is 4.98 Å². The van der Waals surface area contributed by atoms with Gasteiger partial charge in [-0.15, -0.1) is 0 Å². The smallest absolute Gasteiger partial charge is 0.264 e. The van der Waals surface area contributed by atoms with Gasteiger partial charge in [-0.1, -0.05) is 0 Å². The fourth-order valence-corrected chi connectivity index (χ4v) is 2.53. The van der Waals surface area contributed by atoms with Crippen LogP contribution in [0.2, 0.25) is 0 Å². The fraction of sp³-hybridized carbons (Fsp3) is 0.278. The number of anilines is 2. The molecule has 130 valence electrons. The van der Waals surface area contributed by atoms with Gasteiger partial charge in [0.2, 0.25) is 11.8 Å². The SMILES string of the molecule is COc1ccc(N(C)C(=O)COc2ccc3c(c2)CCC(=O)N3)cn1. The summed E-state index contributed by atoms with van der Waals surface area (Å²) >= 11 is 0. The van der Waals surface area contributed by atoms with Crippen molar-refractivity contribution in [2.45, 2.75) is 12.8 Å². The highest BCUT2D eigenvalue weighted by atomic mass is 16.5. The summed E-state index contributed by atoms with van der Waals surface area (Å²) in [6, 6.07) is 8.84. The number of likely N-dealkylation sites (N-methyl/N-ethyl adjacent to an activating group) is 1. The number of rotatable bonds is 5. The molecule has 1 aliphatic rings. The number of hydrogen-bond acceptors (Lipinski definition) is 5. The molecule has 7 heteroatoms. The summed E-state index contributed by atoms with van der Waals surface area (Å²) < 4.78 is 10.6. The molecule has 0 spiro atoms. The number of aryl methyl sites for hydroxylation is 1. The van der Waals surface area contributed by atoms with Crippen LogP contribution in [0.1, 0.15) is 12.0 Å². The molecule has 0 saturated carbocycles. The highest BCUT2D eigenvalue weighted by Crippen LogP contribution is 2.26. The Kier molecular flexibility index (Phi) is 4.83. The van der Waals surface area contributed by atoms with Gasteiger partial charge in [0.25, 0.3) is 5.91 Å². The number of pyridine rings is 1. The standard InChI is InChI=1S/C18H19N3O4/c1-21(13-4-8-17(24-2)19-10-13)18(23)11-25-14-5-6-15-12(9-14)3-7-16(22)20-15/h4-6,8-10H,3,7,11H2,1-2H3,(H,20,22). The van der Waals surface area contributed by atoms with Crippen LogP contribution in [0.15, 0.2) is 36.5 Å². The minimum absolute atomic E-state index is 0.0195. The quantitative estimate of drug-likeness (QED) is 0.900. The number of amides is 2. The highest BCUT2D eigenvalue weighted by Gasteiger charge is 2.16. The van der Waals surface area contributed by atoms with E-state index in [9.17, 15) is 9.59 Å². The first-order valence-electron chi connectivity index (χ1n) is 7.89. The largest absolute Gasteiger partial charge is 0.484 e. The van der Waals surface area contributed by atoms with Gasteiger partial charge in [0.1, 0.15) is 5.75 Å². The van der Waals surface area contributed by atoms with Crippen molar-refractivity contribution in [3.63, 3.8) is 0 Å². The molecule has 1 N–H and O–H groups in total. The van der Waals surface area contributed by atoms with Crippen molar-refractivity contribution in [2.24, 2.45) is 0 Å². The van der Waals surface area contributed by atoms with E-state index in [1.54, 1.807) is 37.5 Å². The molecule has 1 aromatic carbocycles. The van der Waals surface area contributed by atoms with Crippen molar-refractivity contribution < 1.29 is 19.1 Å². The van der Waals surface area contributed by atoms with E-state index >= 15 is 0 Å². The van der Waals surface area contributed by atoms with Crippen molar-refractivity contribution in [2.75, 3.05) is 31.0 Å². The first kappa shape index (κ1) is 16.8. The second-order valence-electron chi connectivity index (χ2n) is 5.67. The van der Waals surface area contributed by atoms with Gasteiger partial charge in [-0.3, -0.25) is 9.59 Å². The molecular formula is C18H19N3O4. The summed E-state index contributed by atoms with van der Waals surface area (Å²) in [4.78, 5) is 29.2. The molecule has 2 amide bonds. The number of benzene rings is 1. The zero-order valence-electron chi connectivity index (χ0n) is 14.1. The second kappa shape index (κ2) is 7.21. The van der Waals surface area contributed by atoms with Crippen molar-refractivity contribution in [1.82, 2.24) is 4.98 Å². The van der Waals surface area contributed by atoms with E-state index in [1.165, 1.54) is 12.0 Å². The number of carbonyl (C=O) groups excluding carboxylic acids is 2. The van der Waals surface area contributed by atoms with E-state index < -0.39 is 0 Å². The van der Waals surface area contributed by atoms with Gasteiger partial charge < -0.3 is 19.7 Å². The third-order valence-corrected chi connectivity index (χ3v) is 4.03. The fourth-order valence-electron chi connectivity index (χ4n) is 2.53. The van der Waals surface area contributed by atoms with Gasteiger partial charge >= 0.3 is 0 Å². The molecule has 25 heavy (non-hydrogen) atoms. The number of fused-ring (bicyclic) bond motifs is 1. The molecule has 0 saturated heterocycles. The first-order valence-corrected chi connectivity index (χ1v) is 7.89. The second-order valence-corrected chi connectivity index (χ2v) is 5.67. The van der Waals surface area contributed by atoms with Crippen LogP contribution in [-0.4, -0.2) is 37.6 Å². The van der Waals surface area contributed by atoms with E-state index in [0.29, 0.717) is 30.2 Å². The van der Waals surface area contributed by atoms with Gasteiger partial charge in [0, 0.05) is 25.2 Å². The Labute approximate surface area is 145 Å². The van der Waals surface area contributed by atoms with Gasteiger partial charge in [0.05, 0.1) is 19.0 Å². The molecule has 1 aliphatic heterocycles. The minimum atomic E-state index is -0.196. The third-order valence-electron chi connectivity index (χ3n) is 4.03. The summed E-state index contributed by atoms with van der Waals surface area (Å²) in [5, 5.41) is 2.81. The summed E-state index contributed by atoms with van der Waals surface area (Å²) in [6.07, 6.45) is 2.70. The summed E-state index contributed by atoms with van der Waals surface area (Å²) in [5.41, 5.74) is 2.47. The molecule has 1 aromatic heterocycles. The molecule has 2 heterocycles. The Balaban J connectivity index is 1.60. The van der Waals surface area contributed by atoms with Gasteiger partial charge in [-0.2, -0.15) is 0 Å². The topological polar surface area (TPSA) is 80.8 Å². The minimum Gasteiger partial charge on any atom is -0.484 e. The molecule has 7 nitrogen and oxygen atoms in total. The van der Waals surface area contributed by atoms with Crippen molar-refractivity contribution >= 4 is 23.2 Å². The van der Waals surface area contributed by atoms with Crippen LogP contribution in [-0.2, 0) is 16.0 Å². The van der Waals surface area contributed by atoms with Crippen LogP contribution >= 0.6 is 0 Å². The van der Waals surface area contributed by atoms with Gasteiger partial charge in [0.15, 0.2) is 6.61 Å². The van der Waals surface area contributed by atoms with E-state index in [4.69, 9.17) is 9.47 Å². The number of methoxy groups -OCH3 is 1. The van der Waals surface area contributed by atoms with Crippen LogP contribution < -0.4 is 19.7 Å². The average Bonchev–Trinajstić information content (AvgIpc) is 2.65. The lowest BCUT2D eigenvalue weighted by Gasteiger charge is -2.19. The number of aromatic nitrogens is 1. The average molecular weight is 341 g/mol. The molecule has 0 unspecified atom stereocenters. The predicted molar refractivity (Wildman–Crippen MR) is 93.1 cm³/mol. The number of carbonyl (C=O) groups is 2. The zero-order valence-corrected chi connectivity index (χ0v) is 14.1. The van der Waals surface area contributed by atoms with Crippen molar-refractivity contribution in [3.8, 4) is 11.6 Å². The summed E-state index contributed by atoms with van der Waals surface area (Å²) in [6.45, 7) is -0.0896. The lowest BCUT2D eigenvalue weighted by molar-refractivity contribution is -0.120. The molecule has 3 rings (SSSR count). The Morgan fingerprint density at radius 1 is 1.28 bits per heavy atom. The Morgan fingerprint density at radius 2 is 2.12 bits per heavy atom. The summed E-state index contributed by atoms with van der Waals surface area (Å²) in [7, 11) is 3.20. The number of hydrogen-bond donors (Lipinski definition) is 1. The van der Waals surface area contributed by atoms with Crippen LogP contribution in [0.25, 0.3) is 0 Å². The Morgan fingerprint density at radius 3 is 2.84 bits per heavy atom. The van der Waals surface area contributed by atoms with E-state index in [1.807, 2.05) is 6.07 Å². The predicted octanol–water partition coefficient (Wildman–Crippen LogP) is 2.02. The summed E-state index contributed by atoms with van der Waals surface area (Å²) in [5.74, 6) is 0.913. The maximum Gasteiger partial charge on any atom is 0.264 e. The van der Waals surface area contributed by atoms with Crippen LogP contribution in [0.5, 0.6) is 11.6 Å². The molecule has 0 atom stereocenters. The maximum atomic E-state index is 12.3. The normalized spacial score (nSPS) is 12.8. The highest BCUT2D eigenvalue weighted by molar-refractivity contribution is 5.94. The third kappa shape index (κ3) is 3.88. The Hall–Kier alpha value is -3.09. The van der Waals surface area contributed by atoms with Gasteiger partial charge in [-0.05, 0) is 36.2 Å². The van der Waals surface area contributed by atoms with Crippen molar-refractivity contribution in [1.29, 1.82) is 0 Å². The zero-order chi connectivity index (χ0) is 17.8. The molecule has 2 aromatic rings. The number of nitrogens with one attached hydrogen (secondary N) is 1. The first-order chi connectivity index (χ1) is 12.1. The maximum absolute atomic E-state index is 12.3. The number of ether oxygens (including phenoxy) is 2. The lowest BCUT2D eigenvalue weighted by Crippen LogP contribution is -2.31. The molecule has 0 bridgehead atoms. The molecule has 0 fully saturated rings. The molecule has 0 radical (unpaired) electrons. The van der Waals surface area contributed by atoms with Crippen LogP contribution in [0, 0.1) is 0 Å². The van der Waals surface area contributed by atoms with E-state index in [2.05, 4.69) is 10.3 Å². The monoisotopic (exact) mass is 341 g/mol.